The van der Waals surface area contributed by atoms with Crippen molar-refractivity contribution < 1.29 is 4.42 Å². The Morgan fingerprint density at radius 2 is 1.97 bits per heavy atom. The van der Waals surface area contributed by atoms with Gasteiger partial charge < -0.3 is 9.32 Å². The summed E-state index contributed by atoms with van der Waals surface area (Å²) < 4.78 is 6.05. The van der Waals surface area contributed by atoms with Crippen molar-refractivity contribution in [3.05, 3.63) is 53.5 Å². The maximum Gasteiger partial charge on any atom is 0.247 e. The Morgan fingerprint density at radius 1 is 1.13 bits per heavy atom. The van der Waals surface area contributed by atoms with Crippen LogP contribution in [0.3, 0.4) is 0 Å². The van der Waals surface area contributed by atoms with Crippen molar-refractivity contribution in [1.29, 1.82) is 0 Å². The van der Waals surface area contributed by atoms with Crippen molar-refractivity contribution in [3.8, 4) is 11.5 Å². The zero-order valence-electron chi connectivity index (χ0n) is 16.9. The summed E-state index contributed by atoms with van der Waals surface area (Å²) in [7, 11) is 0. The van der Waals surface area contributed by atoms with Gasteiger partial charge in [-0.25, -0.2) is 9.97 Å². The van der Waals surface area contributed by atoms with E-state index in [0.29, 0.717) is 17.2 Å². The SMILES string of the molecule is CCc1cc2c(N3CCC4(CC3)CC4c3nnc(-c4ccccc4)o3)ncnc2s1. The van der Waals surface area contributed by atoms with E-state index in [1.807, 2.05) is 30.3 Å². The maximum absolute atomic E-state index is 6.05. The van der Waals surface area contributed by atoms with E-state index in [-0.39, 0.29) is 0 Å². The van der Waals surface area contributed by atoms with E-state index in [4.69, 9.17) is 4.42 Å². The minimum Gasteiger partial charge on any atom is -0.420 e. The first-order valence-corrected chi connectivity index (χ1v) is 11.4. The summed E-state index contributed by atoms with van der Waals surface area (Å²) in [4.78, 5) is 14.0. The second kappa shape index (κ2) is 6.87. The number of thiophene rings is 1. The molecule has 0 radical (unpaired) electrons. The molecular weight excluding hydrogens is 394 g/mol. The summed E-state index contributed by atoms with van der Waals surface area (Å²) in [6.07, 6.45) is 6.17. The molecule has 2 fully saturated rings. The van der Waals surface area contributed by atoms with Gasteiger partial charge in [0.1, 0.15) is 17.0 Å². The third kappa shape index (κ3) is 2.91. The molecule has 4 heterocycles. The number of aryl methyl sites for hydroxylation is 1. The highest BCUT2D eigenvalue weighted by Gasteiger charge is 2.58. The van der Waals surface area contributed by atoms with E-state index in [2.05, 4.69) is 38.1 Å². The fourth-order valence-electron chi connectivity index (χ4n) is 4.81. The predicted molar refractivity (Wildman–Crippen MR) is 118 cm³/mol. The van der Waals surface area contributed by atoms with Crippen molar-refractivity contribution in [1.82, 2.24) is 20.2 Å². The molecule has 1 saturated heterocycles. The maximum atomic E-state index is 6.05. The number of anilines is 1. The first-order valence-electron chi connectivity index (χ1n) is 10.6. The Morgan fingerprint density at radius 3 is 2.77 bits per heavy atom. The fraction of sp³-hybridized carbons (Fsp3) is 0.391. The molecule has 4 aromatic rings. The summed E-state index contributed by atoms with van der Waals surface area (Å²) in [6, 6.07) is 12.3. The van der Waals surface area contributed by atoms with Gasteiger partial charge in [-0.15, -0.1) is 21.5 Å². The molecule has 2 aliphatic rings. The molecule has 1 saturated carbocycles. The fourth-order valence-corrected chi connectivity index (χ4v) is 5.73. The average molecular weight is 418 g/mol. The van der Waals surface area contributed by atoms with Gasteiger partial charge >= 0.3 is 0 Å². The topological polar surface area (TPSA) is 67.9 Å². The van der Waals surface area contributed by atoms with Gasteiger partial charge in [-0.1, -0.05) is 25.1 Å². The quantitative estimate of drug-likeness (QED) is 0.461. The molecule has 152 valence electrons. The third-order valence-electron chi connectivity index (χ3n) is 6.72. The molecule has 1 spiro atoms. The molecule has 1 atom stereocenters. The van der Waals surface area contributed by atoms with Crippen LogP contribution in [-0.2, 0) is 6.42 Å². The number of benzene rings is 1. The number of hydrogen-bond acceptors (Lipinski definition) is 7. The van der Waals surface area contributed by atoms with Crippen molar-refractivity contribution >= 4 is 27.4 Å². The first-order chi connectivity index (χ1) is 14.8. The Hall–Kier alpha value is -2.80. The standard InChI is InChI=1S/C23H23N5OS/c1-2-16-12-17-19(24-14-25-22(17)30-16)28-10-8-23(9-11-28)13-18(23)21-27-26-20(29-21)15-6-4-3-5-7-15/h3-7,12,14,18H,2,8-11,13H2,1H3. The van der Waals surface area contributed by atoms with Gasteiger partial charge in [0.05, 0.1) is 5.39 Å². The summed E-state index contributed by atoms with van der Waals surface area (Å²) in [6.45, 7) is 4.22. The van der Waals surface area contributed by atoms with E-state index >= 15 is 0 Å². The highest BCUT2D eigenvalue weighted by molar-refractivity contribution is 7.18. The van der Waals surface area contributed by atoms with E-state index in [0.717, 1.165) is 60.9 Å². The predicted octanol–water partition coefficient (Wildman–Crippen LogP) is 5.08. The van der Waals surface area contributed by atoms with E-state index in [9.17, 15) is 0 Å². The van der Waals surface area contributed by atoms with Gasteiger partial charge in [0.2, 0.25) is 11.8 Å². The number of piperidine rings is 1. The van der Waals surface area contributed by atoms with Gasteiger partial charge in [0.15, 0.2) is 0 Å². The number of rotatable bonds is 4. The third-order valence-corrected chi connectivity index (χ3v) is 7.90. The lowest BCUT2D eigenvalue weighted by molar-refractivity contribution is 0.352. The van der Waals surface area contributed by atoms with Crippen LogP contribution in [-0.4, -0.2) is 33.3 Å². The molecule has 7 heteroatoms. The number of nitrogens with zero attached hydrogens (tertiary/aromatic N) is 5. The second-order valence-corrected chi connectivity index (χ2v) is 9.52. The molecular formula is C23H23N5OS. The Kier molecular flexibility index (Phi) is 4.13. The lowest BCUT2D eigenvalue weighted by atomic mass is 9.90. The zero-order valence-corrected chi connectivity index (χ0v) is 17.7. The lowest BCUT2D eigenvalue weighted by Gasteiger charge is -2.33. The minimum atomic E-state index is 0.312. The van der Waals surface area contributed by atoms with E-state index in [1.54, 1.807) is 17.7 Å². The van der Waals surface area contributed by atoms with Crippen LogP contribution in [0.2, 0.25) is 0 Å². The van der Waals surface area contributed by atoms with E-state index in [1.165, 1.54) is 10.3 Å². The summed E-state index contributed by atoms with van der Waals surface area (Å²) in [5.41, 5.74) is 1.29. The Labute approximate surface area is 179 Å². The van der Waals surface area contributed by atoms with Crippen molar-refractivity contribution in [2.24, 2.45) is 5.41 Å². The van der Waals surface area contributed by atoms with Crippen LogP contribution >= 0.6 is 11.3 Å². The lowest BCUT2D eigenvalue weighted by Crippen LogP contribution is -2.35. The highest BCUT2D eigenvalue weighted by Crippen LogP contribution is 2.64. The number of hydrogen-bond donors (Lipinski definition) is 0. The largest absolute Gasteiger partial charge is 0.420 e. The van der Waals surface area contributed by atoms with Gasteiger partial charge in [-0.05, 0) is 49.3 Å². The molecule has 0 N–H and O–H groups in total. The van der Waals surface area contributed by atoms with Gasteiger partial charge in [-0.2, -0.15) is 0 Å². The van der Waals surface area contributed by atoms with Crippen LogP contribution in [0.25, 0.3) is 21.7 Å². The molecule has 1 unspecified atom stereocenters. The number of fused-ring (bicyclic) bond motifs is 1. The van der Waals surface area contributed by atoms with Gasteiger partial charge in [0.25, 0.3) is 0 Å². The van der Waals surface area contributed by atoms with Crippen LogP contribution < -0.4 is 4.90 Å². The van der Waals surface area contributed by atoms with E-state index < -0.39 is 0 Å². The molecule has 30 heavy (non-hydrogen) atoms. The van der Waals surface area contributed by atoms with Crippen molar-refractivity contribution in [2.75, 3.05) is 18.0 Å². The first kappa shape index (κ1) is 18.0. The normalized spacial score (nSPS) is 20.2. The zero-order chi connectivity index (χ0) is 20.1. The van der Waals surface area contributed by atoms with Gasteiger partial charge in [-0.3, -0.25) is 0 Å². The molecule has 6 rings (SSSR count). The Balaban J connectivity index is 1.18. The highest BCUT2D eigenvalue weighted by atomic mass is 32.1. The number of aromatic nitrogens is 4. The van der Waals surface area contributed by atoms with Crippen molar-refractivity contribution in [2.45, 2.75) is 38.5 Å². The molecule has 0 amide bonds. The Bertz CT molecular complexity index is 1190. The second-order valence-electron chi connectivity index (χ2n) is 8.40. The summed E-state index contributed by atoms with van der Waals surface area (Å²) in [5, 5.41) is 9.88. The average Bonchev–Trinajstić information content (AvgIpc) is 3.15. The van der Waals surface area contributed by atoms with Crippen LogP contribution in [0.15, 0.2) is 47.1 Å². The van der Waals surface area contributed by atoms with Crippen LogP contribution in [0.5, 0.6) is 0 Å². The molecule has 1 aliphatic carbocycles. The van der Waals surface area contributed by atoms with Crippen LogP contribution in [0.1, 0.15) is 42.9 Å². The smallest absolute Gasteiger partial charge is 0.247 e. The molecule has 3 aromatic heterocycles. The summed E-state index contributed by atoms with van der Waals surface area (Å²) >= 11 is 1.78. The molecule has 1 aromatic carbocycles. The minimum absolute atomic E-state index is 0.312. The monoisotopic (exact) mass is 417 g/mol. The van der Waals surface area contributed by atoms with Gasteiger partial charge in [0, 0.05) is 29.4 Å². The summed E-state index contributed by atoms with van der Waals surface area (Å²) in [5.74, 6) is 2.91. The van der Waals surface area contributed by atoms with Crippen LogP contribution in [0.4, 0.5) is 5.82 Å². The molecule has 1 aliphatic heterocycles. The molecule has 0 bridgehead atoms. The van der Waals surface area contributed by atoms with Crippen LogP contribution in [0, 0.1) is 5.41 Å². The van der Waals surface area contributed by atoms with Crippen molar-refractivity contribution in [3.63, 3.8) is 0 Å². The molecule has 6 nitrogen and oxygen atoms in total.